The average Bonchev–Trinajstić information content (AvgIpc) is 2.41. The van der Waals surface area contributed by atoms with Crippen LogP contribution in [-0.2, 0) is 9.53 Å². The third-order valence-corrected chi connectivity index (χ3v) is 3.38. The summed E-state index contributed by atoms with van der Waals surface area (Å²) in [4.78, 5) is 10.3. The van der Waals surface area contributed by atoms with Crippen LogP contribution < -0.4 is 0 Å². The van der Waals surface area contributed by atoms with E-state index in [9.17, 15) is 9.90 Å². The normalized spacial score (nSPS) is 12.5. The molecule has 20 heavy (non-hydrogen) atoms. The fraction of sp³-hybridized carbons (Fsp3) is 0.938. The molecule has 0 bridgehead atoms. The van der Waals surface area contributed by atoms with Crippen molar-refractivity contribution in [2.45, 2.75) is 83.7 Å². The van der Waals surface area contributed by atoms with Gasteiger partial charge in [0.25, 0.3) is 0 Å². The van der Waals surface area contributed by atoms with Gasteiger partial charge in [-0.05, 0) is 12.8 Å². The Morgan fingerprint density at radius 3 is 2.20 bits per heavy atom. The van der Waals surface area contributed by atoms with Crippen LogP contribution in [0.2, 0.25) is 0 Å². The molecule has 1 unspecified atom stereocenters. The van der Waals surface area contributed by atoms with Crippen LogP contribution in [0.25, 0.3) is 0 Å². The van der Waals surface area contributed by atoms with Crippen LogP contribution in [0.15, 0.2) is 0 Å². The lowest BCUT2D eigenvalue weighted by Gasteiger charge is -2.10. The third-order valence-electron chi connectivity index (χ3n) is 3.38. The molecule has 1 atom stereocenters. The second-order valence-electron chi connectivity index (χ2n) is 5.49. The molecule has 0 aliphatic carbocycles. The molecule has 0 heterocycles. The number of carboxylic acid groups (broad SMARTS) is 1. The van der Waals surface area contributed by atoms with Gasteiger partial charge in [0.05, 0.1) is 12.7 Å². The minimum Gasteiger partial charge on any atom is -0.481 e. The van der Waals surface area contributed by atoms with E-state index in [1.54, 1.807) is 0 Å². The summed E-state index contributed by atoms with van der Waals surface area (Å²) in [6.07, 6.45) is 11.2. The SMILES string of the molecule is CCCCCCCCCCC(O)COCCCC(=O)O. The molecule has 0 saturated heterocycles. The summed E-state index contributed by atoms with van der Waals surface area (Å²) in [7, 11) is 0. The molecular formula is C16H32O4. The van der Waals surface area contributed by atoms with E-state index in [0.717, 1.165) is 12.8 Å². The smallest absolute Gasteiger partial charge is 0.303 e. The van der Waals surface area contributed by atoms with E-state index < -0.39 is 12.1 Å². The Hall–Kier alpha value is -0.610. The van der Waals surface area contributed by atoms with Gasteiger partial charge in [-0.1, -0.05) is 58.3 Å². The topological polar surface area (TPSA) is 66.8 Å². The summed E-state index contributed by atoms with van der Waals surface area (Å²) in [5, 5.41) is 18.1. The Balaban J connectivity index is 3.16. The first-order valence-electron chi connectivity index (χ1n) is 8.14. The van der Waals surface area contributed by atoms with Crippen molar-refractivity contribution >= 4 is 5.97 Å². The third kappa shape index (κ3) is 15.4. The zero-order valence-corrected chi connectivity index (χ0v) is 13.0. The molecule has 2 N–H and O–H groups in total. The molecule has 0 aromatic rings. The molecule has 4 nitrogen and oxygen atoms in total. The van der Waals surface area contributed by atoms with E-state index >= 15 is 0 Å². The molecule has 0 saturated carbocycles. The number of carboxylic acids is 1. The number of ether oxygens (including phenoxy) is 1. The molecule has 4 heteroatoms. The number of aliphatic hydroxyl groups is 1. The standard InChI is InChI=1S/C16H32O4/c1-2-3-4-5-6-7-8-9-11-15(17)14-20-13-10-12-16(18)19/h15,17H,2-14H2,1H3,(H,18,19). The Morgan fingerprint density at radius 2 is 1.60 bits per heavy atom. The van der Waals surface area contributed by atoms with E-state index in [4.69, 9.17) is 9.84 Å². The zero-order chi connectivity index (χ0) is 15.1. The number of carbonyl (C=O) groups is 1. The predicted octanol–water partition coefficient (Wildman–Crippen LogP) is 3.76. The fourth-order valence-electron chi connectivity index (χ4n) is 2.14. The number of hydrogen-bond acceptors (Lipinski definition) is 3. The summed E-state index contributed by atoms with van der Waals surface area (Å²) in [5.74, 6) is -0.798. The molecular weight excluding hydrogens is 256 g/mol. The zero-order valence-electron chi connectivity index (χ0n) is 13.0. The Morgan fingerprint density at radius 1 is 1.00 bits per heavy atom. The maximum atomic E-state index is 10.3. The van der Waals surface area contributed by atoms with Crippen LogP contribution >= 0.6 is 0 Å². The molecule has 0 spiro atoms. The lowest BCUT2D eigenvalue weighted by atomic mass is 10.1. The summed E-state index contributed by atoms with van der Waals surface area (Å²) in [6.45, 7) is 2.97. The number of aliphatic carboxylic acids is 1. The number of unbranched alkanes of at least 4 members (excludes halogenated alkanes) is 7. The van der Waals surface area contributed by atoms with Crippen molar-refractivity contribution in [2.75, 3.05) is 13.2 Å². The second kappa shape index (κ2) is 14.8. The van der Waals surface area contributed by atoms with Gasteiger partial charge in [0, 0.05) is 13.0 Å². The van der Waals surface area contributed by atoms with Crippen LogP contribution in [0.4, 0.5) is 0 Å². The van der Waals surface area contributed by atoms with E-state index in [2.05, 4.69) is 6.92 Å². The highest BCUT2D eigenvalue weighted by Gasteiger charge is 2.04. The first-order chi connectivity index (χ1) is 9.66. The van der Waals surface area contributed by atoms with Gasteiger partial charge in [0.2, 0.25) is 0 Å². The van der Waals surface area contributed by atoms with Crippen molar-refractivity contribution in [3.8, 4) is 0 Å². The molecule has 0 rings (SSSR count). The van der Waals surface area contributed by atoms with Gasteiger partial charge in [0.15, 0.2) is 0 Å². The Bertz CT molecular complexity index is 219. The maximum absolute atomic E-state index is 10.3. The molecule has 0 aliphatic heterocycles. The van der Waals surface area contributed by atoms with Gasteiger partial charge in [-0.3, -0.25) is 4.79 Å². The van der Waals surface area contributed by atoms with E-state index in [0.29, 0.717) is 19.6 Å². The van der Waals surface area contributed by atoms with E-state index in [1.165, 1.54) is 44.9 Å². The first kappa shape index (κ1) is 19.4. The van der Waals surface area contributed by atoms with Gasteiger partial charge >= 0.3 is 5.97 Å². The molecule has 0 radical (unpaired) electrons. The first-order valence-corrected chi connectivity index (χ1v) is 8.14. The highest BCUT2D eigenvalue weighted by molar-refractivity contribution is 5.66. The summed E-state index contributed by atoms with van der Waals surface area (Å²) in [6, 6.07) is 0. The van der Waals surface area contributed by atoms with Crippen molar-refractivity contribution in [2.24, 2.45) is 0 Å². The maximum Gasteiger partial charge on any atom is 0.303 e. The van der Waals surface area contributed by atoms with Crippen molar-refractivity contribution < 1.29 is 19.7 Å². The minimum atomic E-state index is -0.798. The Kier molecular flexibility index (Phi) is 14.3. The lowest BCUT2D eigenvalue weighted by Crippen LogP contribution is -2.15. The van der Waals surface area contributed by atoms with Gasteiger partial charge in [-0.25, -0.2) is 0 Å². The highest BCUT2D eigenvalue weighted by Crippen LogP contribution is 2.10. The summed E-state index contributed by atoms with van der Waals surface area (Å²) in [5.41, 5.74) is 0. The molecule has 0 amide bonds. The molecule has 0 aliphatic rings. The van der Waals surface area contributed by atoms with Crippen molar-refractivity contribution in [3.05, 3.63) is 0 Å². The monoisotopic (exact) mass is 288 g/mol. The second-order valence-corrected chi connectivity index (χ2v) is 5.49. The Labute approximate surface area is 123 Å². The lowest BCUT2D eigenvalue weighted by molar-refractivity contribution is -0.137. The van der Waals surface area contributed by atoms with Crippen LogP contribution in [0.5, 0.6) is 0 Å². The van der Waals surface area contributed by atoms with Gasteiger partial charge < -0.3 is 14.9 Å². The minimum absolute atomic E-state index is 0.133. The summed E-state index contributed by atoms with van der Waals surface area (Å²) < 4.78 is 5.25. The van der Waals surface area contributed by atoms with E-state index in [-0.39, 0.29) is 6.42 Å². The van der Waals surface area contributed by atoms with Crippen molar-refractivity contribution in [1.29, 1.82) is 0 Å². The number of rotatable bonds is 15. The van der Waals surface area contributed by atoms with Crippen LogP contribution in [0, 0.1) is 0 Å². The number of hydrogen-bond donors (Lipinski definition) is 2. The van der Waals surface area contributed by atoms with Crippen LogP contribution in [0.3, 0.4) is 0 Å². The molecule has 0 aromatic carbocycles. The van der Waals surface area contributed by atoms with Crippen LogP contribution in [0.1, 0.15) is 77.6 Å². The van der Waals surface area contributed by atoms with Crippen molar-refractivity contribution in [3.63, 3.8) is 0 Å². The van der Waals surface area contributed by atoms with Gasteiger partial charge in [-0.2, -0.15) is 0 Å². The summed E-state index contributed by atoms with van der Waals surface area (Å²) >= 11 is 0. The van der Waals surface area contributed by atoms with Gasteiger partial charge in [0.1, 0.15) is 0 Å². The fourth-order valence-corrected chi connectivity index (χ4v) is 2.14. The van der Waals surface area contributed by atoms with Crippen molar-refractivity contribution in [1.82, 2.24) is 0 Å². The largest absolute Gasteiger partial charge is 0.481 e. The highest BCUT2D eigenvalue weighted by atomic mass is 16.5. The average molecular weight is 288 g/mol. The number of aliphatic hydroxyl groups excluding tert-OH is 1. The van der Waals surface area contributed by atoms with Crippen LogP contribution in [-0.4, -0.2) is 35.5 Å². The van der Waals surface area contributed by atoms with E-state index in [1.807, 2.05) is 0 Å². The quantitative estimate of drug-likeness (QED) is 0.450. The molecule has 0 aromatic heterocycles. The predicted molar refractivity (Wildman–Crippen MR) is 80.9 cm³/mol. The molecule has 120 valence electrons. The molecule has 0 fully saturated rings. The van der Waals surface area contributed by atoms with Gasteiger partial charge in [-0.15, -0.1) is 0 Å².